The molecule has 1 aliphatic rings. The number of nitrogens with zero attached hydrogens (tertiary/aromatic N) is 2. The minimum Gasteiger partial charge on any atom is -0.485 e. The van der Waals surface area contributed by atoms with Gasteiger partial charge in [0.15, 0.2) is 11.5 Å². The molecule has 8 heteroatoms. The van der Waals surface area contributed by atoms with Crippen LogP contribution >= 0.6 is 0 Å². The molecule has 0 saturated heterocycles. The highest BCUT2D eigenvalue weighted by Gasteiger charge is 2.37. The zero-order valence-corrected chi connectivity index (χ0v) is 18.6. The van der Waals surface area contributed by atoms with Crippen molar-refractivity contribution in [3.8, 4) is 11.5 Å². The van der Waals surface area contributed by atoms with Crippen molar-refractivity contribution in [2.75, 3.05) is 26.3 Å². The fourth-order valence-corrected chi connectivity index (χ4v) is 3.53. The maximum absolute atomic E-state index is 13.6. The lowest BCUT2D eigenvalue weighted by atomic mass is 10.0. The molecule has 1 aromatic carbocycles. The SMILES string of the molecule is CC(C)CCNC(=O)C(c1ccncc1)N(CCCO)C(=O)C1COc2ccccc2O1. The number of pyridine rings is 1. The largest absolute Gasteiger partial charge is 0.485 e. The van der Waals surface area contributed by atoms with E-state index in [1.54, 1.807) is 42.7 Å². The Bertz CT molecular complexity index is 890. The molecule has 2 unspecified atom stereocenters. The number of carbonyl (C=O) groups excluding carboxylic acids is 2. The van der Waals surface area contributed by atoms with E-state index in [1.165, 1.54) is 4.90 Å². The van der Waals surface area contributed by atoms with Crippen LogP contribution in [0.3, 0.4) is 0 Å². The van der Waals surface area contributed by atoms with Crippen LogP contribution in [0, 0.1) is 5.92 Å². The summed E-state index contributed by atoms with van der Waals surface area (Å²) in [6.07, 6.45) is 3.45. The van der Waals surface area contributed by atoms with Crippen molar-refractivity contribution >= 4 is 11.8 Å². The molecule has 0 fully saturated rings. The molecule has 8 nitrogen and oxygen atoms in total. The van der Waals surface area contributed by atoms with E-state index in [9.17, 15) is 14.7 Å². The normalized spacial score (nSPS) is 15.8. The molecule has 2 aromatic rings. The van der Waals surface area contributed by atoms with Gasteiger partial charge in [0.2, 0.25) is 12.0 Å². The predicted molar refractivity (Wildman–Crippen MR) is 119 cm³/mol. The zero-order valence-electron chi connectivity index (χ0n) is 18.6. The first-order chi connectivity index (χ1) is 15.5. The summed E-state index contributed by atoms with van der Waals surface area (Å²) < 4.78 is 11.6. The summed E-state index contributed by atoms with van der Waals surface area (Å²) in [5.41, 5.74) is 0.644. The number of rotatable bonds is 10. The fourth-order valence-electron chi connectivity index (χ4n) is 3.53. The Morgan fingerprint density at radius 3 is 2.59 bits per heavy atom. The Morgan fingerprint density at radius 2 is 1.91 bits per heavy atom. The highest BCUT2D eigenvalue weighted by molar-refractivity contribution is 5.90. The number of amides is 2. The number of aliphatic hydroxyl groups excluding tert-OH is 1. The molecular weight excluding hydrogens is 410 g/mol. The van der Waals surface area contributed by atoms with Gasteiger partial charge < -0.3 is 24.8 Å². The minimum atomic E-state index is -0.892. The average Bonchev–Trinajstić information content (AvgIpc) is 2.81. The molecular formula is C24H31N3O5. The van der Waals surface area contributed by atoms with Gasteiger partial charge in [-0.1, -0.05) is 26.0 Å². The van der Waals surface area contributed by atoms with Crippen LogP contribution in [0.5, 0.6) is 11.5 Å². The van der Waals surface area contributed by atoms with Crippen LogP contribution in [0.1, 0.15) is 38.3 Å². The van der Waals surface area contributed by atoms with Gasteiger partial charge in [0.25, 0.3) is 5.91 Å². The van der Waals surface area contributed by atoms with E-state index in [2.05, 4.69) is 24.1 Å². The van der Waals surface area contributed by atoms with Crippen molar-refractivity contribution in [2.24, 2.45) is 5.92 Å². The quantitative estimate of drug-likeness (QED) is 0.587. The van der Waals surface area contributed by atoms with E-state index in [0.29, 0.717) is 35.9 Å². The van der Waals surface area contributed by atoms with Gasteiger partial charge in [-0.15, -0.1) is 0 Å². The zero-order chi connectivity index (χ0) is 22.9. The molecule has 2 atom stereocenters. The van der Waals surface area contributed by atoms with Crippen molar-refractivity contribution in [1.82, 2.24) is 15.2 Å². The molecule has 1 aliphatic heterocycles. The Morgan fingerprint density at radius 1 is 1.19 bits per heavy atom. The van der Waals surface area contributed by atoms with Crippen LogP contribution in [-0.4, -0.2) is 59.2 Å². The average molecular weight is 442 g/mol. The second kappa shape index (κ2) is 11.5. The van der Waals surface area contributed by atoms with E-state index in [1.807, 2.05) is 6.07 Å². The second-order valence-electron chi connectivity index (χ2n) is 8.13. The summed E-state index contributed by atoms with van der Waals surface area (Å²) in [7, 11) is 0. The van der Waals surface area contributed by atoms with E-state index in [4.69, 9.17) is 9.47 Å². The van der Waals surface area contributed by atoms with Crippen LogP contribution < -0.4 is 14.8 Å². The Labute approximate surface area is 188 Å². The number of carbonyl (C=O) groups is 2. The summed E-state index contributed by atoms with van der Waals surface area (Å²) in [6, 6.07) is 9.73. The summed E-state index contributed by atoms with van der Waals surface area (Å²) in [5.74, 6) is 0.861. The van der Waals surface area contributed by atoms with Crippen LogP contribution in [-0.2, 0) is 9.59 Å². The lowest BCUT2D eigenvalue weighted by Gasteiger charge is -2.35. The van der Waals surface area contributed by atoms with Gasteiger partial charge >= 0.3 is 0 Å². The highest BCUT2D eigenvalue weighted by atomic mass is 16.6. The molecule has 2 heterocycles. The third-order valence-corrected chi connectivity index (χ3v) is 5.23. The number of fused-ring (bicyclic) bond motifs is 1. The molecule has 0 spiro atoms. The summed E-state index contributed by atoms with van der Waals surface area (Å²) >= 11 is 0. The first-order valence-corrected chi connectivity index (χ1v) is 11.0. The Hall–Kier alpha value is -3.13. The number of benzene rings is 1. The number of aromatic nitrogens is 1. The van der Waals surface area contributed by atoms with Gasteiger partial charge in [-0.05, 0) is 48.6 Å². The van der Waals surface area contributed by atoms with Crippen LogP contribution in [0.25, 0.3) is 0 Å². The number of aliphatic hydroxyl groups is 1. The first kappa shape index (κ1) is 23.5. The monoisotopic (exact) mass is 441 g/mol. The first-order valence-electron chi connectivity index (χ1n) is 11.0. The van der Waals surface area contributed by atoms with E-state index in [0.717, 1.165) is 6.42 Å². The van der Waals surface area contributed by atoms with Crippen molar-refractivity contribution in [3.63, 3.8) is 0 Å². The summed E-state index contributed by atoms with van der Waals surface area (Å²) in [4.78, 5) is 32.3. The van der Waals surface area contributed by atoms with Gasteiger partial charge in [-0.25, -0.2) is 0 Å². The van der Waals surface area contributed by atoms with Crippen molar-refractivity contribution in [2.45, 2.75) is 38.8 Å². The van der Waals surface area contributed by atoms with Crippen molar-refractivity contribution < 1.29 is 24.2 Å². The third kappa shape index (κ3) is 5.97. The lowest BCUT2D eigenvalue weighted by molar-refractivity contribution is -0.148. The highest BCUT2D eigenvalue weighted by Crippen LogP contribution is 2.32. The molecule has 0 bridgehead atoms. The van der Waals surface area contributed by atoms with Gasteiger partial charge in [0.05, 0.1) is 0 Å². The Balaban J connectivity index is 1.86. The Kier molecular flexibility index (Phi) is 8.44. The molecule has 0 aliphatic carbocycles. The van der Waals surface area contributed by atoms with Gasteiger partial charge in [-0.2, -0.15) is 0 Å². The van der Waals surface area contributed by atoms with E-state index < -0.39 is 12.1 Å². The maximum Gasteiger partial charge on any atom is 0.268 e. The molecule has 172 valence electrons. The van der Waals surface area contributed by atoms with Crippen LogP contribution in [0.4, 0.5) is 0 Å². The summed E-state index contributed by atoms with van der Waals surface area (Å²) in [5, 5.41) is 12.4. The molecule has 1 aromatic heterocycles. The fraction of sp³-hybridized carbons (Fsp3) is 0.458. The number of para-hydroxylation sites is 2. The smallest absolute Gasteiger partial charge is 0.268 e. The molecule has 2 N–H and O–H groups in total. The molecule has 3 rings (SSSR count). The van der Waals surface area contributed by atoms with E-state index >= 15 is 0 Å². The molecule has 2 amide bonds. The number of hydrogen-bond donors (Lipinski definition) is 2. The minimum absolute atomic E-state index is 0.0451. The number of ether oxygens (including phenoxy) is 2. The standard InChI is InChI=1S/C24H31N3O5/c1-17(2)8-13-26-23(29)22(18-9-11-25-12-10-18)27(14-5-15-28)24(30)21-16-31-19-6-3-4-7-20(19)32-21/h3-4,6-7,9-12,17,21-22,28H,5,8,13-16H2,1-2H3,(H,26,29). The maximum atomic E-state index is 13.6. The van der Waals surface area contributed by atoms with Crippen LogP contribution in [0.15, 0.2) is 48.8 Å². The lowest BCUT2D eigenvalue weighted by Crippen LogP contribution is -2.51. The summed E-state index contributed by atoms with van der Waals surface area (Å²) in [6.45, 7) is 4.82. The second-order valence-corrected chi connectivity index (χ2v) is 8.13. The molecule has 32 heavy (non-hydrogen) atoms. The third-order valence-electron chi connectivity index (χ3n) is 5.23. The van der Waals surface area contributed by atoms with Crippen molar-refractivity contribution in [3.05, 3.63) is 54.4 Å². The van der Waals surface area contributed by atoms with Gasteiger partial charge in [0, 0.05) is 32.1 Å². The topological polar surface area (TPSA) is 101 Å². The molecule has 0 saturated carbocycles. The van der Waals surface area contributed by atoms with Gasteiger partial charge in [0.1, 0.15) is 12.6 Å². The van der Waals surface area contributed by atoms with E-state index in [-0.39, 0.29) is 31.6 Å². The predicted octanol–water partition coefficient (Wildman–Crippen LogP) is 2.34. The number of hydrogen-bond acceptors (Lipinski definition) is 6. The van der Waals surface area contributed by atoms with Crippen molar-refractivity contribution in [1.29, 1.82) is 0 Å². The molecule has 0 radical (unpaired) electrons. The number of nitrogens with one attached hydrogen (secondary N) is 1. The van der Waals surface area contributed by atoms with Crippen LogP contribution in [0.2, 0.25) is 0 Å². The van der Waals surface area contributed by atoms with Gasteiger partial charge in [-0.3, -0.25) is 14.6 Å².